The number of aliphatic imine (C=N–C) groups is 1. The highest BCUT2D eigenvalue weighted by molar-refractivity contribution is 7.70. The fourth-order valence-corrected chi connectivity index (χ4v) is 14.9. The van der Waals surface area contributed by atoms with Gasteiger partial charge in [-0.1, -0.05) is 110 Å². The van der Waals surface area contributed by atoms with Gasteiger partial charge in [-0.25, -0.2) is 4.79 Å². The third-order valence-electron chi connectivity index (χ3n) is 18.2. The van der Waals surface area contributed by atoms with Crippen molar-refractivity contribution in [2.45, 2.75) is 151 Å². The number of esters is 1. The molecule has 8 rings (SSSR count). The van der Waals surface area contributed by atoms with Crippen LogP contribution in [0.1, 0.15) is 144 Å². The van der Waals surface area contributed by atoms with Crippen LogP contribution < -0.4 is 20.7 Å². The number of amides is 2. The molecule has 23 nitrogen and oxygen atoms in total. The van der Waals surface area contributed by atoms with Crippen LogP contribution in [-0.2, 0) is 39.5 Å². The summed E-state index contributed by atoms with van der Waals surface area (Å²) in [5.74, 6) is -6.89. The molecule has 0 aromatic heterocycles. The van der Waals surface area contributed by atoms with E-state index in [4.69, 9.17) is 23.9 Å². The van der Waals surface area contributed by atoms with E-state index in [1.807, 2.05) is 58.9 Å². The molecule has 25 heteroatoms. The van der Waals surface area contributed by atoms with Crippen molar-refractivity contribution in [1.82, 2.24) is 25.8 Å². The van der Waals surface area contributed by atoms with Gasteiger partial charge in [0, 0.05) is 81.0 Å². The molecule has 2 amide bonds. The first-order valence-electron chi connectivity index (χ1n) is 30.4. The molecule has 6 aliphatic rings. The number of phenols is 1. The average Bonchev–Trinajstić information content (AvgIpc) is 1.51. The van der Waals surface area contributed by atoms with Crippen molar-refractivity contribution >= 4 is 50.4 Å². The van der Waals surface area contributed by atoms with Gasteiger partial charge in [-0.15, -0.1) is 0 Å². The number of aliphatic hydroxyl groups excluding tert-OH is 1. The maximum Gasteiger partial charge on any atom is 0.407 e. The van der Waals surface area contributed by atoms with E-state index in [1.165, 1.54) is 19.3 Å². The van der Waals surface area contributed by atoms with Gasteiger partial charge in [0.1, 0.15) is 35.6 Å². The van der Waals surface area contributed by atoms with Gasteiger partial charge in [0.2, 0.25) is 5.78 Å². The van der Waals surface area contributed by atoms with E-state index in [-0.39, 0.29) is 114 Å². The molecule has 1 aliphatic carbocycles. The van der Waals surface area contributed by atoms with E-state index in [0.717, 1.165) is 17.7 Å². The number of aliphatic hydroxyl groups is 1. The molecule has 0 radical (unpaired) electrons. The number of fused-ring (bicyclic) bond motifs is 13. The number of Topliss-reactive ketones (excluding diaryl/α,β-unsaturated/α-hetero) is 2. The number of allylic oxidation sites excluding steroid dienone is 5. The number of ether oxygens (including phenoxy) is 4. The quantitative estimate of drug-likeness (QED) is 0.0413. The smallest absolute Gasteiger partial charge is 0.407 e. The van der Waals surface area contributed by atoms with E-state index < -0.39 is 104 Å². The van der Waals surface area contributed by atoms with Gasteiger partial charge in [0.15, 0.2) is 5.40 Å². The Hall–Kier alpha value is -6.00. The number of piperidine rings is 1. The van der Waals surface area contributed by atoms with Crippen LogP contribution in [0.5, 0.6) is 11.5 Å². The van der Waals surface area contributed by atoms with Gasteiger partial charge in [-0.3, -0.25) is 38.2 Å². The summed E-state index contributed by atoms with van der Waals surface area (Å²) in [5.41, 5.74) is 1.32. The van der Waals surface area contributed by atoms with Crippen LogP contribution in [-0.4, -0.2) is 150 Å². The summed E-state index contributed by atoms with van der Waals surface area (Å²) in [5, 5.41) is 31.1. The summed E-state index contributed by atoms with van der Waals surface area (Å²) in [4.78, 5) is 120. The highest BCUT2D eigenvalue weighted by Gasteiger charge is 2.55. The van der Waals surface area contributed by atoms with Gasteiger partial charge in [-0.2, -0.15) is 0 Å². The number of carbonyl (C=O) groups is 5. The van der Waals surface area contributed by atoms with E-state index in [1.54, 1.807) is 50.8 Å². The lowest BCUT2D eigenvalue weighted by molar-refractivity contribution is -0.159. The number of hydrogen-bond acceptors (Lipinski definition) is 17. The Balaban J connectivity index is 1.19. The van der Waals surface area contributed by atoms with E-state index in [0.29, 0.717) is 31.8 Å². The molecule has 1 spiro atoms. The Kier molecular flexibility index (Phi) is 22.5. The highest BCUT2D eigenvalue weighted by Crippen LogP contribution is 2.61. The molecule has 5 bridgehead atoms. The van der Waals surface area contributed by atoms with Gasteiger partial charge < -0.3 is 69.6 Å². The van der Waals surface area contributed by atoms with Crippen LogP contribution in [0.4, 0.5) is 4.79 Å². The molecule has 88 heavy (non-hydrogen) atoms. The molecule has 2 aromatic rings. The van der Waals surface area contributed by atoms with E-state index >= 15 is 4.79 Å². The minimum atomic E-state index is -5.19. The Bertz CT molecular complexity index is 3190. The van der Waals surface area contributed by atoms with Crippen molar-refractivity contribution in [3.05, 3.63) is 105 Å². The fourth-order valence-electron chi connectivity index (χ4n) is 12.3. The third-order valence-corrected chi connectivity index (χ3v) is 22.0. The van der Waals surface area contributed by atoms with Crippen LogP contribution in [0.3, 0.4) is 0 Å². The molecule has 1 saturated heterocycles. The number of benzene rings is 2. The predicted octanol–water partition coefficient (Wildman–Crippen LogP) is 7.88. The van der Waals surface area contributed by atoms with Gasteiger partial charge in [0.05, 0.1) is 41.4 Å². The number of likely N-dealkylation sites (tertiary alicyclic amines) is 1. The van der Waals surface area contributed by atoms with Crippen LogP contribution in [0.25, 0.3) is 0 Å². The normalized spacial score (nSPS) is 27.5. The Morgan fingerprint density at radius 3 is 2.16 bits per heavy atom. The minimum Gasteiger partial charge on any atom is -0.507 e. The third kappa shape index (κ3) is 16.1. The lowest BCUT2D eigenvalue weighted by Crippen LogP contribution is -2.50. The van der Waals surface area contributed by atoms with Crippen molar-refractivity contribution in [2.24, 2.45) is 46.4 Å². The highest BCUT2D eigenvalue weighted by atomic mass is 31.2. The summed E-state index contributed by atoms with van der Waals surface area (Å²) in [6, 6.07) is 7.43. The number of phenolic OH excluding ortho intramolecular Hbond substituents is 1. The van der Waals surface area contributed by atoms with Crippen molar-refractivity contribution in [3.8, 4) is 11.5 Å². The lowest BCUT2D eigenvalue weighted by Gasteiger charge is -2.38. The van der Waals surface area contributed by atoms with Crippen molar-refractivity contribution < 1.29 is 81.8 Å². The number of aromatic hydroxyl groups is 1. The topological polar surface area (TPSA) is 333 Å². The zero-order valence-electron chi connectivity index (χ0n) is 52.6. The molecule has 5 heterocycles. The lowest BCUT2D eigenvalue weighted by atomic mass is 9.72. The first-order valence-corrected chi connectivity index (χ1v) is 33.7. The number of nitrogens with one attached hydrogen (secondary N) is 3. The number of ketones is 2. The second kappa shape index (κ2) is 28.4. The summed E-state index contributed by atoms with van der Waals surface area (Å²) in [6.07, 6.45) is 5.91. The monoisotopic (exact) mass is 1260 g/mol. The van der Waals surface area contributed by atoms with Crippen LogP contribution >= 0.6 is 15.2 Å². The minimum absolute atomic E-state index is 0.00152. The zero-order chi connectivity index (χ0) is 65.0. The Morgan fingerprint density at radius 1 is 0.864 bits per heavy atom. The number of unbranched alkanes of at least 4 members (excludes halogenated alkanes) is 1. The number of nitrogens with zero attached hydrogens (tertiary/aromatic N) is 3. The maximum atomic E-state index is 15.0. The molecule has 484 valence electrons. The van der Waals surface area contributed by atoms with Crippen molar-refractivity contribution in [1.29, 1.82) is 0 Å². The van der Waals surface area contributed by atoms with Crippen LogP contribution in [0.15, 0.2) is 76.8 Å². The van der Waals surface area contributed by atoms with E-state index in [9.17, 15) is 58.1 Å². The summed E-state index contributed by atoms with van der Waals surface area (Å²) in [7, 11) is -10.4. The molecule has 0 unspecified atom stereocenters. The SMILES string of the molecule is C/C1=C/C=C/[C@H](C)[C@H](OC(=O)CN(CCCCC(P(=O)(O)O)P(=O)(O)O)CCNC(=O)OCc2ccc(C)cc2)[C@@H](C)[C@@H](O)[C@@H](C)[C@H](C)[C@H](C)[C@@H](C)/C=C/O[C@@]2(C)Oc3c(C)c(O)c4c(c3C2=O)C2=NC3(CCN(CC(C)C)CC3)NC2=C(NC1=O)C4=O. The molecule has 0 saturated carbocycles. The molecular weight excluding hydrogens is 1170 g/mol. The number of carbonyl (C=O) groups excluding carboxylic acids is 5. The van der Waals surface area contributed by atoms with Gasteiger partial charge >= 0.3 is 33.0 Å². The van der Waals surface area contributed by atoms with Gasteiger partial charge in [-0.05, 0) is 81.4 Å². The van der Waals surface area contributed by atoms with Crippen molar-refractivity contribution in [2.75, 3.05) is 45.8 Å². The number of aryl methyl sites for hydroxylation is 1. The first kappa shape index (κ1) is 69.5. The number of hydrogen-bond donors (Lipinski definition) is 9. The fraction of sp³-hybridized carbons (Fsp3) is 0.587. The largest absolute Gasteiger partial charge is 0.507 e. The molecular formula is C63H90N6O17P2. The molecule has 5 aliphatic heterocycles. The first-order chi connectivity index (χ1) is 41.2. The van der Waals surface area contributed by atoms with Gasteiger partial charge in [0.25, 0.3) is 11.7 Å². The summed E-state index contributed by atoms with van der Waals surface area (Å²) < 4.78 is 48.4. The second-order valence-corrected chi connectivity index (χ2v) is 29.4. The Labute approximate surface area is 515 Å². The standard InChI is InChI=1S/C63H90N6O17P2/c1-35(2)32-69-28-24-63(25-29-69)66-51-48-49-55(72)44(11)58-50(48)59(74)62(12,86-58)84-31-23-37(4)40(7)41(8)42(9)54(71)43(10)57(38(5)16-15-17-39(6)60(75)65-53(56(49)73)52(51)67-63)85-46(70)33-68(27-14-13-18-47(87(77,78)79)88(80,81)82)30-26-64-61(76)83-34-45-21-19-36(3)20-22-45/h15-17,19-23,31,35,37-38,40-43,47,54,57,67,71-72H,13-14,18,24-30,32-34H2,1-12H3,(H,64,76)(H,65,75)(H2,77,78,79)(H2,80,81,82)/b16-15+,31-23+,39-17-/t37-,38-,40+,41+,42-,43-,54-,57-,62-/m0/s1. The molecule has 2 aromatic carbocycles. The maximum absolute atomic E-state index is 15.0. The Morgan fingerprint density at radius 2 is 1.52 bits per heavy atom. The predicted molar refractivity (Wildman–Crippen MR) is 330 cm³/mol. The summed E-state index contributed by atoms with van der Waals surface area (Å²) >= 11 is 0. The summed E-state index contributed by atoms with van der Waals surface area (Å²) in [6.45, 7) is 24.2. The number of rotatable bonds is 17. The zero-order valence-corrected chi connectivity index (χ0v) is 54.4. The van der Waals surface area contributed by atoms with Crippen molar-refractivity contribution in [3.63, 3.8) is 0 Å². The average molecular weight is 1270 g/mol. The molecule has 9 N–H and O–H groups in total. The second-order valence-electron chi connectivity index (χ2n) is 25.3. The number of alkyl carbamates (subject to hydrolysis) is 1. The molecule has 1 fully saturated rings. The van der Waals surface area contributed by atoms with Crippen LogP contribution in [0.2, 0.25) is 0 Å². The van der Waals surface area contributed by atoms with Crippen LogP contribution in [0, 0.1) is 55.3 Å². The van der Waals surface area contributed by atoms with E-state index in [2.05, 4.69) is 34.7 Å². The molecule has 9 atom stereocenters.